The van der Waals surface area contributed by atoms with Crippen LogP contribution in [0.5, 0.6) is 0 Å². The summed E-state index contributed by atoms with van der Waals surface area (Å²) in [6.07, 6.45) is 5.12. The van der Waals surface area contributed by atoms with Crippen LogP contribution in [-0.4, -0.2) is 10.9 Å². The molecule has 0 spiro atoms. The summed E-state index contributed by atoms with van der Waals surface area (Å²) in [6.45, 7) is 0. The van der Waals surface area contributed by atoms with Gasteiger partial charge in [-0.2, -0.15) is 4.39 Å². The lowest BCUT2D eigenvalue weighted by atomic mass is 9.75. The van der Waals surface area contributed by atoms with Crippen molar-refractivity contribution in [2.75, 3.05) is 5.32 Å². The number of rotatable bonds is 3. The number of pyridine rings is 1. The molecule has 126 valence electrons. The van der Waals surface area contributed by atoms with Crippen molar-refractivity contribution in [2.45, 2.75) is 31.6 Å². The summed E-state index contributed by atoms with van der Waals surface area (Å²) in [4.78, 5) is 16.3. The van der Waals surface area contributed by atoms with E-state index in [0.29, 0.717) is 15.7 Å². The maximum absolute atomic E-state index is 13.4. The Morgan fingerprint density at radius 2 is 1.92 bits per heavy atom. The Bertz CT molecular complexity index is 754. The normalized spacial score (nSPS) is 20.6. The third-order valence-corrected chi connectivity index (χ3v) is 5.21. The first-order valence-corrected chi connectivity index (χ1v) is 8.67. The molecule has 1 N–H and O–H groups in total. The third kappa shape index (κ3) is 3.87. The number of amides is 1. The number of anilines is 1. The fraction of sp³-hybridized carbons (Fsp3) is 0.333. The van der Waals surface area contributed by atoms with Crippen molar-refractivity contribution in [1.29, 1.82) is 0 Å². The van der Waals surface area contributed by atoms with Crippen LogP contribution in [0.2, 0.25) is 10.0 Å². The van der Waals surface area contributed by atoms with Crippen molar-refractivity contribution in [3.05, 3.63) is 58.1 Å². The molecule has 1 aliphatic rings. The molecule has 3 nitrogen and oxygen atoms in total. The third-order valence-electron chi connectivity index (χ3n) is 4.47. The van der Waals surface area contributed by atoms with Crippen LogP contribution in [0.3, 0.4) is 0 Å². The zero-order valence-corrected chi connectivity index (χ0v) is 14.4. The first-order chi connectivity index (χ1) is 11.5. The molecule has 1 fully saturated rings. The van der Waals surface area contributed by atoms with Gasteiger partial charge in [-0.1, -0.05) is 36.0 Å². The summed E-state index contributed by atoms with van der Waals surface area (Å²) in [7, 11) is 0. The molecule has 1 amide bonds. The molecular formula is C18H17Cl2FN2O. The van der Waals surface area contributed by atoms with Gasteiger partial charge in [0.25, 0.3) is 0 Å². The first kappa shape index (κ1) is 17.2. The topological polar surface area (TPSA) is 42.0 Å². The van der Waals surface area contributed by atoms with E-state index in [0.717, 1.165) is 31.2 Å². The Morgan fingerprint density at radius 3 is 2.67 bits per heavy atom. The van der Waals surface area contributed by atoms with Crippen LogP contribution in [0, 0.1) is 11.9 Å². The number of hydrogen-bond donors (Lipinski definition) is 1. The second-order valence-electron chi connectivity index (χ2n) is 6.03. The average Bonchev–Trinajstić information content (AvgIpc) is 2.58. The Kier molecular flexibility index (Phi) is 5.36. The van der Waals surface area contributed by atoms with Crippen LogP contribution < -0.4 is 5.32 Å². The number of aromatic nitrogens is 1. The molecule has 0 radical (unpaired) electrons. The number of carbonyl (C=O) groups excluding carboxylic acids is 1. The van der Waals surface area contributed by atoms with E-state index in [1.54, 1.807) is 24.3 Å². The highest BCUT2D eigenvalue weighted by molar-refractivity contribution is 6.42. The van der Waals surface area contributed by atoms with E-state index in [1.807, 2.05) is 0 Å². The molecule has 2 atom stereocenters. The Morgan fingerprint density at radius 1 is 1.12 bits per heavy atom. The monoisotopic (exact) mass is 366 g/mol. The van der Waals surface area contributed by atoms with E-state index in [-0.39, 0.29) is 17.7 Å². The molecule has 1 saturated carbocycles. The van der Waals surface area contributed by atoms with Gasteiger partial charge in [-0.05, 0) is 54.7 Å². The summed E-state index contributed by atoms with van der Waals surface area (Å²) in [5, 5.41) is 3.74. The number of nitrogens with one attached hydrogen (secondary N) is 1. The van der Waals surface area contributed by atoms with Crippen molar-refractivity contribution in [3.63, 3.8) is 0 Å². The quantitative estimate of drug-likeness (QED) is 0.734. The van der Waals surface area contributed by atoms with Crippen LogP contribution in [-0.2, 0) is 4.79 Å². The molecule has 1 aliphatic carbocycles. The van der Waals surface area contributed by atoms with Gasteiger partial charge >= 0.3 is 0 Å². The lowest BCUT2D eigenvalue weighted by Crippen LogP contribution is -2.30. The number of halogens is 3. The van der Waals surface area contributed by atoms with Crippen molar-refractivity contribution in [1.82, 2.24) is 4.98 Å². The summed E-state index contributed by atoms with van der Waals surface area (Å²) in [6, 6.07) is 8.21. The highest BCUT2D eigenvalue weighted by atomic mass is 35.5. The van der Waals surface area contributed by atoms with E-state index in [2.05, 4.69) is 10.3 Å². The maximum Gasteiger partial charge on any atom is 0.228 e. The number of hydrogen-bond acceptors (Lipinski definition) is 2. The van der Waals surface area contributed by atoms with E-state index in [1.165, 1.54) is 12.3 Å². The van der Waals surface area contributed by atoms with Crippen LogP contribution >= 0.6 is 23.2 Å². The molecule has 0 unspecified atom stereocenters. The number of carbonyl (C=O) groups is 1. The van der Waals surface area contributed by atoms with E-state index < -0.39 is 5.95 Å². The van der Waals surface area contributed by atoms with Gasteiger partial charge in [0.2, 0.25) is 11.9 Å². The van der Waals surface area contributed by atoms with Gasteiger partial charge in [-0.25, -0.2) is 4.98 Å². The highest BCUT2D eigenvalue weighted by Gasteiger charge is 2.32. The molecule has 1 aromatic carbocycles. The van der Waals surface area contributed by atoms with Crippen molar-refractivity contribution < 1.29 is 9.18 Å². The molecule has 0 aliphatic heterocycles. The molecular weight excluding hydrogens is 350 g/mol. The fourth-order valence-corrected chi connectivity index (χ4v) is 3.60. The Hall–Kier alpha value is -1.65. The molecule has 1 aromatic heterocycles. The van der Waals surface area contributed by atoms with Gasteiger partial charge < -0.3 is 5.32 Å². The van der Waals surface area contributed by atoms with Crippen LogP contribution in [0.4, 0.5) is 10.1 Å². The SMILES string of the molecule is O=C(Nc1ccc(Cl)c(Cl)c1)[C@H]1CCCC[C@H]1c1ccnc(F)c1. The van der Waals surface area contributed by atoms with Gasteiger partial charge in [0.05, 0.1) is 10.0 Å². The standard InChI is InChI=1S/C18H17Cl2FN2O/c19-15-6-5-12(10-16(15)20)23-18(24)14-4-2-1-3-13(14)11-7-8-22-17(21)9-11/h5-10,13-14H,1-4H2,(H,23,24)/t13-,14-/m0/s1. The van der Waals surface area contributed by atoms with Gasteiger partial charge in [-0.15, -0.1) is 0 Å². The predicted molar refractivity (Wildman–Crippen MR) is 94.0 cm³/mol. The Labute approximate surface area is 150 Å². The van der Waals surface area contributed by atoms with E-state index in [4.69, 9.17) is 23.2 Å². The second kappa shape index (κ2) is 7.49. The molecule has 24 heavy (non-hydrogen) atoms. The number of nitrogens with zero attached hydrogens (tertiary/aromatic N) is 1. The van der Waals surface area contributed by atoms with Crippen molar-refractivity contribution in [3.8, 4) is 0 Å². The summed E-state index contributed by atoms with van der Waals surface area (Å²) < 4.78 is 13.4. The van der Waals surface area contributed by atoms with Crippen LogP contribution in [0.15, 0.2) is 36.5 Å². The average molecular weight is 367 g/mol. The summed E-state index contributed by atoms with van der Waals surface area (Å²) in [5.41, 5.74) is 1.44. The van der Waals surface area contributed by atoms with Gasteiger partial charge in [0.15, 0.2) is 0 Å². The minimum Gasteiger partial charge on any atom is -0.326 e. The molecule has 1 heterocycles. The maximum atomic E-state index is 13.4. The number of benzene rings is 1. The van der Waals surface area contributed by atoms with Gasteiger partial charge in [0.1, 0.15) is 0 Å². The highest BCUT2D eigenvalue weighted by Crippen LogP contribution is 2.38. The smallest absolute Gasteiger partial charge is 0.228 e. The van der Waals surface area contributed by atoms with E-state index >= 15 is 0 Å². The second-order valence-corrected chi connectivity index (χ2v) is 6.84. The van der Waals surface area contributed by atoms with Crippen LogP contribution in [0.1, 0.15) is 37.2 Å². The molecule has 0 saturated heterocycles. The molecule has 3 rings (SSSR count). The summed E-state index contributed by atoms with van der Waals surface area (Å²) in [5.74, 6) is -0.786. The minimum absolute atomic E-state index is 0.000905. The summed E-state index contributed by atoms with van der Waals surface area (Å²) >= 11 is 11.9. The molecule has 6 heteroatoms. The molecule has 0 bridgehead atoms. The lowest BCUT2D eigenvalue weighted by molar-refractivity contribution is -0.121. The van der Waals surface area contributed by atoms with Crippen molar-refractivity contribution in [2.24, 2.45) is 5.92 Å². The van der Waals surface area contributed by atoms with Crippen LogP contribution in [0.25, 0.3) is 0 Å². The molecule has 2 aromatic rings. The zero-order valence-electron chi connectivity index (χ0n) is 12.9. The van der Waals surface area contributed by atoms with Gasteiger partial charge in [0, 0.05) is 17.8 Å². The van der Waals surface area contributed by atoms with Crippen molar-refractivity contribution >= 4 is 34.8 Å². The minimum atomic E-state index is -0.512. The predicted octanol–water partition coefficient (Wildman–Crippen LogP) is 5.44. The zero-order chi connectivity index (χ0) is 17.1. The Balaban J connectivity index is 1.79. The lowest BCUT2D eigenvalue weighted by Gasteiger charge is -2.31. The first-order valence-electron chi connectivity index (χ1n) is 7.92. The van der Waals surface area contributed by atoms with Gasteiger partial charge in [-0.3, -0.25) is 4.79 Å². The fourth-order valence-electron chi connectivity index (χ4n) is 3.30. The largest absolute Gasteiger partial charge is 0.326 e. The van der Waals surface area contributed by atoms with E-state index in [9.17, 15) is 9.18 Å².